The summed E-state index contributed by atoms with van der Waals surface area (Å²) in [5, 5.41) is 10.6. The van der Waals surface area contributed by atoms with Crippen LogP contribution in [0.5, 0.6) is 0 Å². The summed E-state index contributed by atoms with van der Waals surface area (Å²) in [6, 6.07) is 13.7. The second kappa shape index (κ2) is 4.30. The van der Waals surface area contributed by atoms with E-state index in [1.807, 2.05) is 31.2 Å². The van der Waals surface area contributed by atoms with E-state index in [9.17, 15) is 9.50 Å². The van der Waals surface area contributed by atoms with Crippen molar-refractivity contribution in [2.24, 2.45) is 0 Å². The van der Waals surface area contributed by atoms with Crippen LogP contribution in [0.4, 0.5) is 4.39 Å². The Morgan fingerprint density at radius 1 is 1.06 bits per heavy atom. The van der Waals surface area contributed by atoms with Gasteiger partial charge in [0.05, 0.1) is 0 Å². The molecule has 1 nitrogen and oxygen atoms in total. The lowest BCUT2D eigenvalue weighted by atomic mass is 9.86. The van der Waals surface area contributed by atoms with E-state index in [2.05, 4.69) is 0 Å². The SMILES string of the molecule is Cc1ccccc1C(C)(O)c1cccc(F)c1. The average molecular weight is 230 g/mol. The van der Waals surface area contributed by atoms with Crippen molar-refractivity contribution < 1.29 is 9.50 Å². The highest BCUT2D eigenvalue weighted by molar-refractivity contribution is 5.39. The van der Waals surface area contributed by atoms with Crippen LogP contribution in [0.3, 0.4) is 0 Å². The summed E-state index contributed by atoms with van der Waals surface area (Å²) < 4.78 is 13.2. The summed E-state index contributed by atoms with van der Waals surface area (Å²) >= 11 is 0. The number of rotatable bonds is 2. The van der Waals surface area contributed by atoms with Gasteiger partial charge in [0.25, 0.3) is 0 Å². The van der Waals surface area contributed by atoms with E-state index in [4.69, 9.17) is 0 Å². The molecular formula is C15H15FO. The molecule has 88 valence electrons. The number of aryl methyl sites for hydroxylation is 1. The Hall–Kier alpha value is -1.67. The molecule has 2 aromatic rings. The van der Waals surface area contributed by atoms with Gasteiger partial charge in [0.2, 0.25) is 0 Å². The Morgan fingerprint density at radius 2 is 1.76 bits per heavy atom. The minimum absolute atomic E-state index is 0.337. The maximum absolute atomic E-state index is 13.2. The van der Waals surface area contributed by atoms with E-state index in [1.165, 1.54) is 12.1 Å². The van der Waals surface area contributed by atoms with Gasteiger partial charge < -0.3 is 5.11 Å². The van der Waals surface area contributed by atoms with Crippen LogP contribution in [-0.2, 0) is 5.60 Å². The summed E-state index contributed by atoms with van der Waals surface area (Å²) in [5.41, 5.74) is 1.17. The molecular weight excluding hydrogens is 215 g/mol. The van der Waals surface area contributed by atoms with Gasteiger partial charge >= 0.3 is 0 Å². The van der Waals surface area contributed by atoms with Gasteiger partial charge in [0, 0.05) is 0 Å². The number of benzene rings is 2. The van der Waals surface area contributed by atoms with Gasteiger partial charge in [-0.25, -0.2) is 4.39 Å². The third-order valence-corrected chi connectivity index (χ3v) is 3.06. The Labute approximate surface area is 101 Å². The first-order valence-electron chi connectivity index (χ1n) is 5.56. The highest BCUT2D eigenvalue weighted by Crippen LogP contribution is 2.31. The molecule has 0 bridgehead atoms. The van der Waals surface area contributed by atoms with Crippen LogP contribution >= 0.6 is 0 Å². The van der Waals surface area contributed by atoms with Gasteiger partial charge in [0.15, 0.2) is 0 Å². The fraction of sp³-hybridized carbons (Fsp3) is 0.200. The maximum atomic E-state index is 13.2. The number of hydrogen-bond acceptors (Lipinski definition) is 1. The third kappa shape index (κ3) is 2.22. The van der Waals surface area contributed by atoms with Crippen molar-refractivity contribution in [2.75, 3.05) is 0 Å². The van der Waals surface area contributed by atoms with Gasteiger partial charge in [0.1, 0.15) is 11.4 Å². The van der Waals surface area contributed by atoms with Crippen LogP contribution in [0.2, 0.25) is 0 Å². The van der Waals surface area contributed by atoms with Crippen molar-refractivity contribution in [3.05, 3.63) is 71.0 Å². The Balaban J connectivity index is 2.53. The molecule has 1 N–H and O–H groups in total. The molecule has 2 heteroatoms. The Morgan fingerprint density at radius 3 is 2.41 bits per heavy atom. The summed E-state index contributed by atoms with van der Waals surface area (Å²) in [4.78, 5) is 0. The van der Waals surface area contributed by atoms with Gasteiger partial charge in [-0.2, -0.15) is 0 Å². The molecule has 0 spiro atoms. The predicted molar refractivity (Wildman–Crippen MR) is 66.3 cm³/mol. The van der Waals surface area contributed by atoms with Crippen molar-refractivity contribution in [1.82, 2.24) is 0 Å². The van der Waals surface area contributed by atoms with E-state index in [0.29, 0.717) is 5.56 Å². The van der Waals surface area contributed by atoms with E-state index in [0.717, 1.165) is 11.1 Å². The molecule has 0 saturated carbocycles. The molecule has 0 saturated heterocycles. The highest BCUT2D eigenvalue weighted by Gasteiger charge is 2.27. The standard InChI is InChI=1S/C15H15FO/c1-11-6-3-4-9-14(11)15(2,17)12-7-5-8-13(16)10-12/h3-10,17H,1-2H3. The van der Waals surface area contributed by atoms with E-state index in [1.54, 1.807) is 19.1 Å². The van der Waals surface area contributed by atoms with Gasteiger partial charge in [-0.15, -0.1) is 0 Å². The summed E-state index contributed by atoms with van der Waals surface area (Å²) in [5.74, 6) is -0.337. The fourth-order valence-corrected chi connectivity index (χ4v) is 2.07. The second-order valence-corrected chi connectivity index (χ2v) is 4.40. The minimum atomic E-state index is -1.17. The lowest BCUT2D eigenvalue weighted by Crippen LogP contribution is -2.24. The van der Waals surface area contributed by atoms with Crippen LogP contribution in [0.15, 0.2) is 48.5 Å². The third-order valence-electron chi connectivity index (χ3n) is 3.06. The van der Waals surface area contributed by atoms with Crippen molar-refractivity contribution in [3.63, 3.8) is 0 Å². The molecule has 2 rings (SSSR count). The predicted octanol–water partition coefficient (Wildman–Crippen LogP) is 3.39. The summed E-state index contributed by atoms with van der Waals surface area (Å²) in [6.45, 7) is 3.62. The zero-order valence-electron chi connectivity index (χ0n) is 9.94. The molecule has 1 atom stereocenters. The fourth-order valence-electron chi connectivity index (χ4n) is 2.07. The first-order valence-corrected chi connectivity index (χ1v) is 5.56. The summed E-state index contributed by atoms with van der Waals surface area (Å²) in [6.07, 6.45) is 0. The molecule has 2 aromatic carbocycles. The van der Waals surface area contributed by atoms with Crippen LogP contribution in [0, 0.1) is 12.7 Å². The van der Waals surface area contributed by atoms with Gasteiger partial charge in [-0.05, 0) is 42.7 Å². The van der Waals surface area contributed by atoms with Crippen molar-refractivity contribution in [1.29, 1.82) is 0 Å². The minimum Gasteiger partial charge on any atom is -0.381 e. The largest absolute Gasteiger partial charge is 0.381 e. The number of hydrogen-bond donors (Lipinski definition) is 1. The number of halogens is 1. The molecule has 0 radical (unpaired) electrons. The monoisotopic (exact) mass is 230 g/mol. The molecule has 17 heavy (non-hydrogen) atoms. The van der Waals surface area contributed by atoms with Crippen molar-refractivity contribution >= 4 is 0 Å². The molecule has 1 unspecified atom stereocenters. The van der Waals surface area contributed by atoms with Crippen LogP contribution in [0.25, 0.3) is 0 Å². The molecule has 0 aliphatic heterocycles. The van der Waals surface area contributed by atoms with E-state index in [-0.39, 0.29) is 5.82 Å². The van der Waals surface area contributed by atoms with E-state index < -0.39 is 5.60 Å². The van der Waals surface area contributed by atoms with Crippen LogP contribution < -0.4 is 0 Å². The molecule has 0 heterocycles. The quantitative estimate of drug-likeness (QED) is 0.838. The van der Waals surface area contributed by atoms with Crippen LogP contribution in [-0.4, -0.2) is 5.11 Å². The van der Waals surface area contributed by atoms with E-state index >= 15 is 0 Å². The highest BCUT2D eigenvalue weighted by atomic mass is 19.1. The molecule has 0 amide bonds. The average Bonchev–Trinajstić information content (AvgIpc) is 2.29. The topological polar surface area (TPSA) is 20.2 Å². The number of aliphatic hydroxyl groups is 1. The zero-order valence-corrected chi connectivity index (χ0v) is 9.94. The first-order chi connectivity index (χ1) is 8.01. The molecule has 0 aliphatic carbocycles. The lowest BCUT2D eigenvalue weighted by Gasteiger charge is -2.26. The lowest BCUT2D eigenvalue weighted by molar-refractivity contribution is 0.101. The molecule has 0 aromatic heterocycles. The smallest absolute Gasteiger partial charge is 0.123 e. The van der Waals surface area contributed by atoms with Crippen molar-refractivity contribution in [2.45, 2.75) is 19.4 Å². The zero-order chi connectivity index (χ0) is 12.5. The van der Waals surface area contributed by atoms with Crippen molar-refractivity contribution in [3.8, 4) is 0 Å². The maximum Gasteiger partial charge on any atom is 0.123 e. The van der Waals surface area contributed by atoms with Crippen LogP contribution in [0.1, 0.15) is 23.6 Å². The van der Waals surface area contributed by atoms with Gasteiger partial charge in [-0.3, -0.25) is 0 Å². The molecule has 0 fully saturated rings. The Kier molecular flexibility index (Phi) is 2.99. The van der Waals surface area contributed by atoms with Gasteiger partial charge in [-0.1, -0.05) is 36.4 Å². The molecule has 0 aliphatic rings. The second-order valence-electron chi connectivity index (χ2n) is 4.40. The Bertz CT molecular complexity index is 532. The first kappa shape index (κ1) is 11.8. The summed E-state index contributed by atoms with van der Waals surface area (Å²) in [7, 11) is 0. The normalized spacial score (nSPS) is 14.4.